The highest BCUT2D eigenvalue weighted by molar-refractivity contribution is 5.90. The van der Waals surface area contributed by atoms with E-state index in [0.29, 0.717) is 0 Å². The van der Waals surface area contributed by atoms with Crippen LogP contribution in [-0.2, 0) is 4.79 Å². The molecular weight excluding hydrogens is 360 g/mol. The zero-order chi connectivity index (χ0) is 20.1. The minimum atomic E-state index is -0.172. The molecule has 4 heteroatoms. The van der Waals surface area contributed by atoms with Gasteiger partial charge in [-0.15, -0.1) is 0 Å². The van der Waals surface area contributed by atoms with E-state index < -0.39 is 0 Å². The predicted octanol–water partition coefficient (Wildman–Crippen LogP) is 5.40. The van der Waals surface area contributed by atoms with Crippen molar-refractivity contribution in [2.24, 2.45) is 0 Å². The Morgan fingerprint density at radius 3 is 2.86 bits per heavy atom. The van der Waals surface area contributed by atoms with Crippen molar-refractivity contribution in [3.05, 3.63) is 47.7 Å². The molecule has 29 heavy (non-hydrogen) atoms. The number of benzene rings is 1. The molecule has 1 atom stereocenters. The summed E-state index contributed by atoms with van der Waals surface area (Å²) in [6, 6.07) is 8.19. The molecule has 1 unspecified atom stereocenters. The average molecular weight is 395 g/mol. The fourth-order valence-electron chi connectivity index (χ4n) is 4.79. The maximum Gasteiger partial charge on any atom is 0.227 e. The largest absolute Gasteiger partial charge is 0.464 e. The summed E-state index contributed by atoms with van der Waals surface area (Å²) in [4.78, 5) is 15.5. The lowest BCUT2D eigenvalue weighted by Crippen LogP contribution is -2.46. The van der Waals surface area contributed by atoms with Crippen molar-refractivity contribution in [3.8, 4) is 0 Å². The van der Waals surface area contributed by atoms with Crippen molar-refractivity contribution in [2.75, 3.05) is 19.6 Å². The molecule has 156 valence electrons. The summed E-state index contributed by atoms with van der Waals surface area (Å²) in [5.41, 5.74) is 3.52. The first-order chi connectivity index (χ1) is 14.2. The number of carbonyl (C=O) groups is 1. The molecule has 2 aromatic rings. The van der Waals surface area contributed by atoms with E-state index in [2.05, 4.69) is 16.3 Å². The molecule has 0 spiro atoms. The SMILES string of the molecule is CC(C(=O)NC1CCN(CC2=CCCCCCC2)CC1)c1cccc2occc12. The second-order valence-corrected chi connectivity index (χ2v) is 8.78. The molecule has 1 aliphatic carbocycles. The first-order valence-corrected chi connectivity index (χ1v) is 11.4. The third-order valence-electron chi connectivity index (χ3n) is 6.64. The van der Waals surface area contributed by atoms with E-state index in [4.69, 9.17) is 4.42 Å². The van der Waals surface area contributed by atoms with Crippen LogP contribution < -0.4 is 5.32 Å². The van der Waals surface area contributed by atoms with Crippen molar-refractivity contribution in [2.45, 2.75) is 70.3 Å². The third kappa shape index (κ3) is 5.11. The zero-order valence-corrected chi connectivity index (χ0v) is 17.7. The summed E-state index contributed by atoms with van der Waals surface area (Å²) in [6.07, 6.45) is 14.3. The van der Waals surface area contributed by atoms with Crippen molar-refractivity contribution < 1.29 is 9.21 Å². The lowest BCUT2D eigenvalue weighted by molar-refractivity contribution is -0.123. The van der Waals surface area contributed by atoms with Crippen molar-refractivity contribution in [1.29, 1.82) is 0 Å². The van der Waals surface area contributed by atoms with Crippen molar-refractivity contribution in [1.82, 2.24) is 10.2 Å². The van der Waals surface area contributed by atoms with Gasteiger partial charge in [-0.1, -0.05) is 36.6 Å². The highest BCUT2D eigenvalue weighted by atomic mass is 16.3. The van der Waals surface area contributed by atoms with E-state index in [9.17, 15) is 4.79 Å². The summed E-state index contributed by atoms with van der Waals surface area (Å²) < 4.78 is 5.49. The van der Waals surface area contributed by atoms with E-state index in [1.54, 1.807) is 11.8 Å². The summed E-state index contributed by atoms with van der Waals surface area (Å²) in [5.74, 6) is -0.0470. The van der Waals surface area contributed by atoms with Crippen LogP contribution in [0.15, 0.2) is 46.6 Å². The molecule has 2 aliphatic rings. The maximum absolute atomic E-state index is 12.9. The number of rotatable bonds is 5. The lowest BCUT2D eigenvalue weighted by atomic mass is 9.95. The molecule has 1 saturated heterocycles. The van der Waals surface area contributed by atoms with E-state index >= 15 is 0 Å². The molecule has 0 saturated carbocycles. The molecule has 0 bridgehead atoms. The molecule has 2 heterocycles. The Morgan fingerprint density at radius 2 is 2.00 bits per heavy atom. The number of amides is 1. The molecule has 1 amide bonds. The van der Waals surface area contributed by atoms with E-state index in [1.165, 1.54) is 38.5 Å². The second-order valence-electron chi connectivity index (χ2n) is 8.78. The Bertz CT molecular complexity index is 845. The van der Waals surface area contributed by atoms with E-state index in [0.717, 1.165) is 49.0 Å². The maximum atomic E-state index is 12.9. The number of carbonyl (C=O) groups excluding carboxylic acids is 1. The predicted molar refractivity (Wildman–Crippen MR) is 118 cm³/mol. The summed E-state index contributed by atoms with van der Waals surface area (Å²) >= 11 is 0. The quantitative estimate of drug-likeness (QED) is 0.691. The number of fused-ring (bicyclic) bond motifs is 1. The number of nitrogens with one attached hydrogen (secondary N) is 1. The fraction of sp³-hybridized carbons (Fsp3) is 0.560. The van der Waals surface area contributed by atoms with Gasteiger partial charge >= 0.3 is 0 Å². The number of piperidine rings is 1. The van der Waals surface area contributed by atoms with Crippen LogP contribution in [0.4, 0.5) is 0 Å². The zero-order valence-electron chi connectivity index (χ0n) is 17.7. The molecule has 4 rings (SSSR count). The van der Waals surface area contributed by atoms with E-state index in [-0.39, 0.29) is 17.9 Å². The molecular formula is C25H34N2O2. The van der Waals surface area contributed by atoms with Gasteiger partial charge in [0, 0.05) is 31.1 Å². The molecule has 1 fully saturated rings. The highest BCUT2D eigenvalue weighted by Gasteiger charge is 2.25. The first kappa shape index (κ1) is 20.2. The fourth-order valence-corrected chi connectivity index (χ4v) is 4.79. The Labute approximate surface area is 174 Å². The average Bonchev–Trinajstić information content (AvgIpc) is 3.19. The van der Waals surface area contributed by atoms with Gasteiger partial charge in [0.1, 0.15) is 5.58 Å². The number of furan rings is 1. The summed E-state index contributed by atoms with van der Waals surface area (Å²) in [5, 5.41) is 4.34. The first-order valence-electron chi connectivity index (χ1n) is 11.4. The second kappa shape index (κ2) is 9.62. The third-order valence-corrected chi connectivity index (χ3v) is 6.64. The summed E-state index contributed by atoms with van der Waals surface area (Å²) in [6.45, 7) is 5.27. The Morgan fingerprint density at radius 1 is 1.17 bits per heavy atom. The normalized spacial score (nSPS) is 20.7. The van der Waals surface area contributed by atoms with Crippen LogP contribution in [0.3, 0.4) is 0 Å². The standard InChI is InChI=1S/C25H34N2O2/c1-19(22-10-7-11-24-23(22)14-17-29-24)25(28)26-21-12-15-27(16-13-21)18-20-8-5-3-2-4-6-9-20/h7-8,10-11,14,17,19,21H,2-6,9,12-13,15-16,18H2,1H3,(H,26,28). The number of hydrogen-bond acceptors (Lipinski definition) is 3. The minimum Gasteiger partial charge on any atom is -0.464 e. The van der Waals surface area contributed by atoms with Crippen LogP contribution >= 0.6 is 0 Å². The van der Waals surface area contributed by atoms with Gasteiger partial charge in [-0.3, -0.25) is 9.69 Å². The van der Waals surface area contributed by atoms with Gasteiger partial charge in [0.05, 0.1) is 12.2 Å². The number of allylic oxidation sites excluding steroid dienone is 1. The lowest BCUT2D eigenvalue weighted by Gasteiger charge is -2.33. The van der Waals surface area contributed by atoms with Crippen LogP contribution in [0.25, 0.3) is 11.0 Å². The van der Waals surface area contributed by atoms with Gasteiger partial charge in [0.2, 0.25) is 5.91 Å². The van der Waals surface area contributed by atoms with Gasteiger partial charge in [0.25, 0.3) is 0 Å². The van der Waals surface area contributed by atoms with Crippen LogP contribution in [0, 0.1) is 0 Å². The molecule has 0 radical (unpaired) electrons. The number of hydrogen-bond donors (Lipinski definition) is 1. The Kier molecular flexibility index (Phi) is 6.70. The number of nitrogens with zero attached hydrogens (tertiary/aromatic N) is 1. The Balaban J connectivity index is 1.28. The molecule has 1 N–H and O–H groups in total. The van der Waals surface area contributed by atoms with Crippen LogP contribution in [0.5, 0.6) is 0 Å². The van der Waals surface area contributed by atoms with Crippen LogP contribution in [0.1, 0.15) is 69.8 Å². The molecule has 4 nitrogen and oxygen atoms in total. The van der Waals surface area contributed by atoms with Crippen molar-refractivity contribution >= 4 is 16.9 Å². The number of likely N-dealkylation sites (tertiary alicyclic amines) is 1. The van der Waals surface area contributed by atoms with Gasteiger partial charge in [-0.05, 0) is 63.1 Å². The highest BCUT2D eigenvalue weighted by Crippen LogP contribution is 2.27. The molecule has 1 aromatic heterocycles. The molecule has 1 aliphatic heterocycles. The van der Waals surface area contributed by atoms with Gasteiger partial charge in [0.15, 0.2) is 0 Å². The van der Waals surface area contributed by atoms with Gasteiger partial charge < -0.3 is 9.73 Å². The van der Waals surface area contributed by atoms with Crippen LogP contribution in [0.2, 0.25) is 0 Å². The topological polar surface area (TPSA) is 45.5 Å². The summed E-state index contributed by atoms with van der Waals surface area (Å²) in [7, 11) is 0. The Hall–Kier alpha value is -2.07. The van der Waals surface area contributed by atoms with Crippen molar-refractivity contribution in [3.63, 3.8) is 0 Å². The van der Waals surface area contributed by atoms with Gasteiger partial charge in [-0.25, -0.2) is 0 Å². The van der Waals surface area contributed by atoms with Gasteiger partial charge in [-0.2, -0.15) is 0 Å². The molecule has 1 aromatic carbocycles. The monoisotopic (exact) mass is 394 g/mol. The van der Waals surface area contributed by atoms with Crippen LogP contribution in [-0.4, -0.2) is 36.5 Å². The smallest absolute Gasteiger partial charge is 0.227 e. The van der Waals surface area contributed by atoms with E-state index in [1.807, 2.05) is 31.2 Å². The minimum absolute atomic E-state index is 0.125.